The van der Waals surface area contributed by atoms with E-state index in [2.05, 4.69) is 29.3 Å². The third kappa shape index (κ3) is 2.77. The average molecular weight is 270 g/mol. The van der Waals surface area contributed by atoms with E-state index in [9.17, 15) is 4.79 Å². The lowest BCUT2D eigenvalue weighted by molar-refractivity contribution is -0.119. The molecule has 0 unspecified atom stereocenters. The largest absolute Gasteiger partial charge is 0.336 e. The van der Waals surface area contributed by atoms with E-state index in [1.165, 1.54) is 30.4 Å². The highest BCUT2D eigenvalue weighted by atomic mass is 16.1. The second-order valence-electron chi connectivity index (χ2n) is 5.81. The van der Waals surface area contributed by atoms with Gasteiger partial charge in [-0.2, -0.15) is 0 Å². The maximum atomic E-state index is 11.5. The van der Waals surface area contributed by atoms with Gasteiger partial charge >= 0.3 is 0 Å². The number of hydrogen-bond donors (Lipinski definition) is 0. The maximum Gasteiger partial charge on any atom is 0.210 e. The summed E-state index contributed by atoms with van der Waals surface area (Å²) in [6.45, 7) is 1.52. The van der Waals surface area contributed by atoms with Crippen LogP contribution in [0.5, 0.6) is 0 Å². The van der Waals surface area contributed by atoms with Gasteiger partial charge in [0.2, 0.25) is 6.41 Å². The number of carbonyl (C=O) groups is 1. The number of aliphatic imine (C=N–C) groups is 1. The Morgan fingerprint density at radius 3 is 2.80 bits per heavy atom. The first-order valence-corrected chi connectivity index (χ1v) is 7.71. The van der Waals surface area contributed by atoms with Crippen LogP contribution in [-0.2, 0) is 11.2 Å². The number of nitrogens with zero attached hydrogens (tertiary/aromatic N) is 2. The van der Waals surface area contributed by atoms with Crippen LogP contribution in [0, 0.1) is 0 Å². The molecule has 1 aliphatic heterocycles. The second kappa shape index (κ2) is 6.21. The molecular formula is C17H22N2O. The van der Waals surface area contributed by atoms with Crippen LogP contribution in [-0.4, -0.2) is 36.2 Å². The first-order chi connectivity index (χ1) is 9.88. The summed E-state index contributed by atoms with van der Waals surface area (Å²) in [6.07, 6.45) is 8.14. The van der Waals surface area contributed by atoms with Crippen LogP contribution in [0.25, 0.3) is 0 Å². The number of carbonyl (C=O) groups excluding carboxylic acids is 1. The van der Waals surface area contributed by atoms with Crippen molar-refractivity contribution in [1.82, 2.24) is 4.90 Å². The summed E-state index contributed by atoms with van der Waals surface area (Å²) in [4.78, 5) is 18.1. The summed E-state index contributed by atoms with van der Waals surface area (Å²) in [5.74, 6) is 0. The van der Waals surface area contributed by atoms with Gasteiger partial charge < -0.3 is 4.90 Å². The van der Waals surface area contributed by atoms with E-state index in [1.807, 2.05) is 4.90 Å². The van der Waals surface area contributed by atoms with Crippen molar-refractivity contribution >= 4 is 12.1 Å². The molecule has 0 N–H and O–H groups in total. The molecular weight excluding hydrogens is 248 g/mol. The van der Waals surface area contributed by atoms with Crippen LogP contribution in [0.2, 0.25) is 0 Å². The van der Waals surface area contributed by atoms with E-state index in [0.717, 1.165) is 37.9 Å². The summed E-state index contributed by atoms with van der Waals surface area (Å²) in [7, 11) is 0. The lowest BCUT2D eigenvalue weighted by Gasteiger charge is -2.32. The van der Waals surface area contributed by atoms with Gasteiger partial charge in [0.1, 0.15) is 0 Å². The molecule has 1 aliphatic carbocycles. The summed E-state index contributed by atoms with van der Waals surface area (Å²) in [5, 5.41) is 0. The zero-order valence-electron chi connectivity index (χ0n) is 11.9. The molecule has 3 rings (SSSR count). The van der Waals surface area contributed by atoms with Gasteiger partial charge in [-0.15, -0.1) is 0 Å². The van der Waals surface area contributed by atoms with Crippen molar-refractivity contribution < 1.29 is 4.79 Å². The Morgan fingerprint density at radius 2 is 2.00 bits per heavy atom. The zero-order chi connectivity index (χ0) is 13.8. The first kappa shape index (κ1) is 13.3. The smallest absolute Gasteiger partial charge is 0.210 e. The SMILES string of the molecule is O=CN(CC1=NCCc2ccccc21)C1CCCCC1. The topological polar surface area (TPSA) is 32.7 Å². The number of benzene rings is 1. The molecule has 1 heterocycles. The van der Waals surface area contributed by atoms with Crippen LogP contribution in [0.3, 0.4) is 0 Å². The highest BCUT2D eigenvalue weighted by Crippen LogP contribution is 2.23. The second-order valence-corrected chi connectivity index (χ2v) is 5.81. The molecule has 0 radical (unpaired) electrons. The minimum atomic E-state index is 0.415. The quantitative estimate of drug-likeness (QED) is 0.774. The van der Waals surface area contributed by atoms with Gasteiger partial charge in [0.05, 0.1) is 12.3 Å². The molecule has 0 spiro atoms. The van der Waals surface area contributed by atoms with Crippen molar-refractivity contribution in [2.45, 2.75) is 44.6 Å². The summed E-state index contributed by atoms with van der Waals surface area (Å²) < 4.78 is 0. The minimum Gasteiger partial charge on any atom is -0.336 e. The van der Waals surface area contributed by atoms with Gasteiger partial charge in [-0.25, -0.2) is 0 Å². The van der Waals surface area contributed by atoms with Gasteiger partial charge in [0.15, 0.2) is 0 Å². The van der Waals surface area contributed by atoms with E-state index >= 15 is 0 Å². The van der Waals surface area contributed by atoms with Crippen molar-refractivity contribution in [3.8, 4) is 0 Å². The normalized spacial score (nSPS) is 19.1. The van der Waals surface area contributed by atoms with Gasteiger partial charge in [-0.1, -0.05) is 43.5 Å². The third-order valence-electron chi connectivity index (χ3n) is 4.52. The summed E-state index contributed by atoms with van der Waals surface area (Å²) in [5.41, 5.74) is 3.69. The predicted molar refractivity (Wildman–Crippen MR) is 81.2 cm³/mol. The number of rotatable bonds is 4. The van der Waals surface area contributed by atoms with Crippen LogP contribution in [0.1, 0.15) is 43.2 Å². The van der Waals surface area contributed by atoms with E-state index in [0.29, 0.717) is 12.6 Å². The summed E-state index contributed by atoms with van der Waals surface area (Å²) in [6, 6.07) is 8.87. The number of fused-ring (bicyclic) bond motifs is 1. The van der Waals surface area contributed by atoms with Crippen molar-refractivity contribution in [2.75, 3.05) is 13.1 Å². The standard InChI is InChI=1S/C17H22N2O/c20-13-19(15-7-2-1-3-8-15)12-17-16-9-5-4-6-14(16)10-11-18-17/h4-6,9,13,15H,1-3,7-8,10-12H2. The molecule has 1 amide bonds. The number of hydrogen-bond acceptors (Lipinski definition) is 2. The fourth-order valence-corrected chi connectivity index (χ4v) is 3.39. The van der Waals surface area contributed by atoms with Crippen molar-refractivity contribution in [2.24, 2.45) is 4.99 Å². The molecule has 0 aromatic heterocycles. The first-order valence-electron chi connectivity index (χ1n) is 7.71. The molecule has 0 bridgehead atoms. The molecule has 1 fully saturated rings. The lowest BCUT2D eigenvalue weighted by Crippen LogP contribution is -2.40. The van der Waals surface area contributed by atoms with Gasteiger partial charge in [0, 0.05) is 18.2 Å². The van der Waals surface area contributed by atoms with Crippen LogP contribution < -0.4 is 0 Å². The zero-order valence-corrected chi connectivity index (χ0v) is 11.9. The van der Waals surface area contributed by atoms with Crippen molar-refractivity contribution in [1.29, 1.82) is 0 Å². The summed E-state index contributed by atoms with van der Waals surface area (Å²) >= 11 is 0. The lowest BCUT2D eigenvalue weighted by atomic mass is 9.93. The van der Waals surface area contributed by atoms with Crippen LogP contribution >= 0.6 is 0 Å². The fourth-order valence-electron chi connectivity index (χ4n) is 3.39. The Hall–Kier alpha value is -1.64. The minimum absolute atomic E-state index is 0.415. The molecule has 1 aromatic rings. The molecule has 3 nitrogen and oxygen atoms in total. The Balaban J connectivity index is 1.75. The van der Waals surface area contributed by atoms with E-state index < -0.39 is 0 Å². The van der Waals surface area contributed by atoms with E-state index in [-0.39, 0.29) is 0 Å². The Bertz CT molecular complexity index is 503. The third-order valence-corrected chi connectivity index (χ3v) is 4.52. The van der Waals surface area contributed by atoms with Gasteiger partial charge in [-0.05, 0) is 24.8 Å². The van der Waals surface area contributed by atoms with Gasteiger partial charge in [-0.3, -0.25) is 9.79 Å². The molecule has 0 saturated heterocycles. The highest BCUT2D eigenvalue weighted by molar-refractivity contribution is 6.04. The monoisotopic (exact) mass is 270 g/mol. The van der Waals surface area contributed by atoms with Crippen LogP contribution in [0.4, 0.5) is 0 Å². The van der Waals surface area contributed by atoms with Gasteiger partial charge in [0.25, 0.3) is 0 Å². The molecule has 106 valence electrons. The fraction of sp³-hybridized carbons (Fsp3) is 0.529. The molecule has 1 saturated carbocycles. The Kier molecular flexibility index (Phi) is 4.14. The number of amides is 1. The maximum absolute atomic E-state index is 11.5. The highest BCUT2D eigenvalue weighted by Gasteiger charge is 2.23. The Labute approximate surface area is 120 Å². The molecule has 1 aromatic carbocycles. The van der Waals surface area contributed by atoms with E-state index in [4.69, 9.17) is 0 Å². The average Bonchev–Trinajstić information content (AvgIpc) is 2.53. The molecule has 2 aliphatic rings. The molecule has 0 atom stereocenters. The Morgan fingerprint density at radius 1 is 1.20 bits per heavy atom. The van der Waals surface area contributed by atoms with Crippen LogP contribution in [0.15, 0.2) is 29.3 Å². The molecule has 20 heavy (non-hydrogen) atoms. The molecule has 3 heteroatoms. The van der Waals surface area contributed by atoms with E-state index in [1.54, 1.807) is 0 Å². The van der Waals surface area contributed by atoms with Crippen molar-refractivity contribution in [3.63, 3.8) is 0 Å². The predicted octanol–water partition coefficient (Wildman–Crippen LogP) is 2.82. The van der Waals surface area contributed by atoms with Crippen molar-refractivity contribution in [3.05, 3.63) is 35.4 Å².